The third-order valence-electron chi connectivity index (χ3n) is 12.5. The molecule has 390 valence electrons. The van der Waals surface area contributed by atoms with Gasteiger partial charge in [0, 0.05) is 65.2 Å². The third-order valence-corrected chi connectivity index (χ3v) is 12.5. The van der Waals surface area contributed by atoms with Crippen LogP contribution in [0.25, 0.3) is 0 Å². The van der Waals surface area contributed by atoms with Gasteiger partial charge in [-0.15, -0.1) is 0 Å². The average Bonchev–Trinajstić information content (AvgIpc) is 3.28. The number of carbonyl (C=O) groups is 4. The first-order chi connectivity index (χ1) is 31.8. The lowest BCUT2D eigenvalue weighted by atomic mass is 9.96. The van der Waals surface area contributed by atoms with Crippen molar-refractivity contribution in [3.63, 3.8) is 0 Å². The highest BCUT2D eigenvalue weighted by molar-refractivity contribution is 5.70. The Bertz CT molecular complexity index is 1070. The van der Waals surface area contributed by atoms with E-state index >= 15 is 0 Å². The molecule has 0 aromatic heterocycles. The number of hydrogen-bond donors (Lipinski definition) is 0. The summed E-state index contributed by atoms with van der Waals surface area (Å²) in [5, 5.41) is 0. The zero-order chi connectivity index (χ0) is 49.2. The maximum absolute atomic E-state index is 13.4. The number of likely N-dealkylation sites (N-methyl/N-ethyl adjacent to an activating group) is 1. The third kappa shape index (κ3) is 36.4. The van der Waals surface area contributed by atoms with Crippen LogP contribution in [-0.4, -0.2) is 136 Å². The number of hydrogen-bond acceptors (Lipinski definition) is 10. The van der Waals surface area contributed by atoms with E-state index in [1.807, 2.05) is 0 Å². The lowest BCUT2D eigenvalue weighted by molar-refractivity contribution is -0.146. The minimum atomic E-state index is -0.338. The number of nitrogens with zero attached hydrogens (tertiary/aromatic N) is 4. The maximum Gasteiger partial charge on any atom is 0.409 e. The highest BCUT2D eigenvalue weighted by atomic mass is 16.6. The number of rotatable bonds is 45. The molecule has 0 unspecified atom stereocenters. The van der Waals surface area contributed by atoms with Gasteiger partial charge in [-0.25, -0.2) is 9.59 Å². The van der Waals surface area contributed by atoms with Crippen molar-refractivity contribution in [3.8, 4) is 0 Å². The van der Waals surface area contributed by atoms with Crippen molar-refractivity contribution in [2.75, 3.05) is 91.9 Å². The van der Waals surface area contributed by atoms with E-state index in [0.717, 1.165) is 51.9 Å². The number of ether oxygens (including phenoxy) is 4. The first-order valence-corrected chi connectivity index (χ1v) is 27.4. The van der Waals surface area contributed by atoms with Gasteiger partial charge in [-0.3, -0.25) is 14.5 Å². The van der Waals surface area contributed by atoms with E-state index in [1.54, 1.807) is 9.80 Å². The van der Waals surface area contributed by atoms with Gasteiger partial charge in [-0.2, -0.15) is 0 Å². The van der Waals surface area contributed by atoms with Crippen molar-refractivity contribution in [3.05, 3.63) is 0 Å². The smallest absolute Gasteiger partial charge is 0.409 e. The maximum atomic E-state index is 13.4. The van der Waals surface area contributed by atoms with E-state index in [4.69, 9.17) is 18.9 Å². The Morgan fingerprint density at radius 2 is 0.742 bits per heavy atom. The lowest BCUT2D eigenvalue weighted by Crippen LogP contribution is -2.41. The van der Waals surface area contributed by atoms with Gasteiger partial charge in [0.1, 0.15) is 13.2 Å². The molecule has 0 radical (unpaired) electrons. The summed E-state index contributed by atoms with van der Waals surface area (Å²) >= 11 is 0. The van der Waals surface area contributed by atoms with E-state index in [2.05, 4.69) is 79.0 Å². The van der Waals surface area contributed by atoms with Gasteiger partial charge in [0.25, 0.3) is 0 Å². The molecule has 2 amide bonds. The quantitative estimate of drug-likeness (QED) is 0.0332. The minimum Gasteiger partial charge on any atom is -0.465 e. The summed E-state index contributed by atoms with van der Waals surface area (Å²) < 4.78 is 23.2. The summed E-state index contributed by atoms with van der Waals surface area (Å²) in [4.78, 5) is 60.2. The molecular formula is C54H106N4O8. The molecule has 0 saturated carbocycles. The number of esters is 2. The Morgan fingerprint density at radius 1 is 0.394 bits per heavy atom. The molecule has 0 aliphatic heterocycles. The van der Waals surface area contributed by atoms with Crippen molar-refractivity contribution < 1.29 is 38.1 Å². The molecule has 0 aliphatic carbocycles. The first kappa shape index (κ1) is 63.4. The fourth-order valence-corrected chi connectivity index (χ4v) is 8.32. The molecule has 0 N–H and O–H groups in total. The van der Waals surface area contributed by atoms with Gasteiger partial charge < -0.3 is 33.6 Å². The van der Waals surface area contributed by atoms with Crippen molar-refractivity contribution in [1.29, 1.82) is 0 Å². The van der Waals surface area contributed by atoms with Crippen LogP contribution < -0.4 is 0 Å². The Balaban J connectivity index is 5.11. The second kappa shape index (κ2) is 43.7. The number of unbranched alkanes of at least 4 members (excludes halogenated alkanes) is 10. The molecule has 66 heavy (non-hydrogen) atoms. The largest absolute Gasteiger partial charge is 0.465 e. The van der Waals surface area contributed by atoms with E-state index in [0.29, 0.717) is 103 Å². The molecule has 0 rings (SSSR count). The SMILES string of the molecule is CCCCCC(CCCCC)COC(=O)CCCCN(CC(C)C)C(=O)OCCN(CCOC(=O)N(CCCCC(=O)OCC(CCCCC)CCCCC)CC(C)C)CCN(CC)CC. The van der Waals surface area contributed by atoms with Crippen LogP contribution in [-0.2, 0) is 28.5 Å². The molecule has 0 fully saturated rings. The van der Waals surface area contributed by atoms with Gasteiger partial charge in [0.05, 0.1) is 13.2 Å². The summed E-state index contributed by atoms with van der Waals surface area (Å²) in [7, 11) is 0. The zero-order valence-corrected chi connectivity index (χ0v) is 44.8. The predicted molar refractivity (Wildman–Crippen MR) is 273 cm³/mol. The lowest BCUT2D eigenvalue weighted by Gasteiger charge is -2.28. The molecule has 0 aliphatic rings. The molecule has 0 saturated heterocycles. The van der Waals surface area contributed by atoms with E-state index in [9.17, 15) is 19.2 Å². The second-order valence-corrected chi connectivity index (χ2v) is 19.8. The summed E-state index contributed by atoms with van der Waals surface area (Å²) in [6.07, 6.45) is 21.7. The molecule has 0 bridgehead atoms. The van der Waals surface area contributed by atoms with Crippen LogP contribution in [0.5, 0.6) is 0 Å². The number of amides is 2. The predicted octanol–water partition coefficient (Wildman–Crippen LogP) is 12.8. The number of carbonyl (C=O) groups excluding carboxylic acids is 4. The molecule has 0 aromatic carbocycles. The van der Waals surface area contributed by atoms with Crippen LogP contribution in [0.2, 0.25) is 0 Å². The van der Waals surface area contributed by atoms with Crippen molar-refractivity contribution >= 4 is 24.1 Å². The minimum absolute atomic E-state index is 0.143. The molecular weight excluding hydrogens is 833 g/mol. The average molecular weight is 939 g/mol. The van der Waals surface area contributed by atoms with Crippen molar-refractivity contribution in [1.82, 2.24) is 19.6 Å². The fourth-order valence-electron chi connectivity index (χ4n) is 8.32. The fraction of sp³-hybridized carbons (Fsp3) is 0.926. The summed E-state index contributed by atoms with van der Waals surface area (Å²) in [6, 6.07) is 0. The standard InChI is InChI=1S/C54H106N4O8/c1-11-17-21-29-49(30-22-18-12-2)45-65-51(59)33-25-27-35-57(43-47(7)8)53(61)63-41-39-56(38-37-55(15-5)16-6)40-42-64-54(62)58(44-48(9)10)36-28-26-34-52(60)66-46-50(31-23-19-13-3)32-24-20-14-4/h47-50H,11-46H2,1-10H3. The normalized spacial score (nSPS) is 11.7. The van der Waals surface area contributed by atoms with E-state index in [1.165, 1.54) is 77.0 Å². The Labute approximate surface area is 406 Å². The molecule has 12 nitrogen and oxygen atoms in total. The topological polar surface area (TPSA) is 118 Å². The van der Waals surface area contributed by atoms with Crippen LogP contribution >= 0.6 is 0 Å². The van der Waals surface area contributed by atoms with E-state index < -0.39 is 0 Å². The van der Waals surface area contributed by atoms with Crippen LogP contribution in [0.3, 0.4) is 0 Å². The monoisotopic (exact) mass is 939 g/mol. The Hall–Kier alpha value is -2.60. The zero-order valence-electron chi connectivity index (χ0n) is 44.8. The summed E-state index contributed by atoms with van der Waals surface area (Å²) in [5.41, 5.74) is 0. The molecule has 0 aromatic rings. The summed E-state index contributed by atoms with van der Waals surface area (Å²) in [6.45, 7) is 29.8. The highest BCUT2D eigenvalue weighted by Gasteiger charge is 2.21. The molecule has 12 heteroatoms. The van der Waals surface area contributed by atoms with Crippen LogP contribution in [0.1, 0.15) is 210 Å². The van der Waals surface area contributed by atoms with Crippen molar-refractivity contribution in [2.24, 2.45) is 23.7 Å². The Kier molecular flexibility index (Phi) is 41.9. The highest BCUT2D eigenvalue weighted by Crippen LogP contribution is 2.20. The van der Waals surface area contributed by atoms with Gasteiger partial charge in [-0.1, -0.05) is 146 Å². The van der Waals surface area contributed by atoms with Gasteiger partial charge >= 0.3 is 24.1 Å². The second-order valence-electron chi connectivity index (χ2n) is 19.8. The molecule has 0 heterocycles. The van der Waals surface area contributed by atoms with Crippen LogP contribution in [0, 0.1) is 23.7 Å². The Morgan fingerprint density at radius 3 is 1.06 bits per heavy atom. The molecule has 0 spiro atoms. The first-order valence-electron chi connectivity index (χ1n) is 27.4. The van der Waals surface area contributed by atoms with Crippen LogP contribution in [0.4, 0.5) is 9.59 Å². The van der Waals surface area contributed by atoms with E-state index in [-0.39, 0.29) is 49.2 Å². The van der Waals surface area contributed by atoms with Gasteiger partial charge in [0.15, 0.2) is 0 Å². The van der Waals surface area contributed by atoms with Gasteiger partial charge in [0.2, 0.25) is 0 Å². The summed E-state index contributed by atoms with van der Waals surface area (Å²) in [5.74, 6) is 1.15. The van der Waals surface area contributed by atoms with Gasteiger partial charge in [-0.05, 0) is 88.1 Å². The van der Waals surface area contributed by atoms with Crippen molar-refractivity contribution in [2.45, 2.75) is 210 Å². The molecule has 0 atom stereocenters. The van der Waals surface area contributed by atoms with Crippen LogP contribution in [0.15, 0.2) is 0 Å².